The Bertz CT molecular complexity index is 156. The van der Waals surface area contributed by atoms with E-state index in [4.69, 9.17) is 4.74 Å². The zero-order valence-electron chi connectivity index (χ0n) is 8.14. The van der Waals surface area contributed by atoms with Crippen LogP contribution in [-0.2, 0) is 9.53 Å². The number of likely N-dealkylation sites (N-methyl/N-ethyl adjacent to an activating group) is 1. The van der Waals surface area contributed by atoms with E-state index in [9.17, 15) is 4.79 Å². The topological polar surface area (TPSA) is 50.4 Å². The largest absolute Gasteiger partial charge is 0.381 e. The van der Waals surface area contributed by atoms with Crippen LogP contribution in [0.2, 0.25) is 0 Å². The predicted molar refractivity (Wildman–Crippen MR) is 50.5 cm³/mol. The van der Waals surface area contributed by atoms with E-state index in [0.29, 0.717) is 6.54 Å². The van der Waals surface area contributed by atoms with Crippen LogP contribution >= 0.6 is 0 Å². The van der Waals surface area contributed by atoms with Crippen molar-refractivity contribution in [2.45, 2.75) is 12.8 Å². The van der Waals surface area contributed by atoms with Crippen molar-refractivity contribution in [2.75, 3.05) is 33.4 Å². The lowest BCUT2D eigenvalue weighted by molar-refractivity contribution is -0.127. The van der Waals surface area contributed by atoms with Crippen molar-refractivity contribution < 1.29 is 9.53 Å². The molecule has 0 aromatic heterocycles. The van der Waals surface area contributed by atoms with E-state index in [0.717, 1.165) is 32.6 Å². The first kappa shape index (κ1) is 10.5. The quantitative estimate of drug-likeness (QED) is 0.595. The fourth-order valence-electron chi connectivity index (χ4n) is 1.41. The van der Waals surface area contributed by atoms with Crippen LogP contribution in [0.3, 0.4) is 0 Å². The summed E-state index contributed by atoms with van der Waals surface area (Å²) < 4.78 is 5.18. The Morgan fingerprint density at radius 3 is 2.69 bits per heavy atom. The van der Waals surface area contributed by atoms with Gasteiger partial charge < -0.3 is 15.4 Å². The lowest BCUT2D eigenvalue weighted by Crippen LogP contribution is -2.37. The third-order valence-corrected chi connectivity index (χ3v) is 2.27. The van der Waals surface area contributed by atoms with Crippen molar-refractivity contribution in [2.24, 2.45) is 5.92 Å². The summed E-state index contributed by atoms with van der Waals surface area (Å²) in [7, 11) is 1.88. The van der Waals surface area contributed by atoms with E-state index < -0.39 is 0 Å². The van der Waals surface area contributed by atoms with Crippen LogP contribution in [0.1, 0.15) is 12.8 Å². The van der Waals surface area contributed by atoms with Gasteiger partial charge in [-0.05, 0) is 19.9 Å². The molecule has 0 radical (unpaired) electrons. The average Bonchev–Trinajstić information content (AvgIpc) is 2.19. The summed E-state index contributed by atoms with van der Waals surface area (Å²) in [6.07, 6.45) is 1.73. The van der Waals surface area contributed by atoms with Crippen molar-refractivity contribution in [1.29, 1.82) is 0 Å². The van der Waals surface area contributed by atoms with Crippen LogP contribution in [0.5, 0.6) is 0 Å². The van der Waals surface area contributed by atoms with Gasteiger partial charge in [0.15, 0.2) is 0 Å². The van der Waals surface area contributed by atoms with Crippen molar-refractivity contribution in [1.82, 2.24) is 10.6 Å². The van der Waals surface area contributed by atoms with E-state index in [2.05, 4.69) is 10.6 Å². The van der Waals surface area contributed by atoms with E-state index >= 15 is 0 Å². The monoisotopic (exact) mass is 186 g/mol. The molecule has 0 spiro atoms. The molecule has 0 aromatic rings. The van der Waals surface area contributed by atoms with Crippen molar-refractivity contribution in [3.8, 4) is 0 Å². The Hall–Kier alpha value is -0.610. The summed E-state index contributed by atoms with van der Waals surface area (Å²) in [4.78, 5) is 11.5. The van der Waals surface area contributed by atoms with Gasteiger partial charge in [0.25, 0.3) is 0 Å². The molecule has 1 aliphatic heterocycles. The standard InChI is InChI=1S/C9H18N2O2/c1-10-4-5-11-9(12)8-2-6-13-7-3-8/h8,10H,2-7H2,1H3,(H,11,12). The molecule has 1 aliphatic rings. The zero-order valence-corrected chi connectivity index (χ0v) is 8.14. The molecule has 0 saturated carbocycles. The van der Waals surface area contributed by atoms with Crippen LogP contribution in [0.4, 0.5) is 0 Å². The number of hydrogen-bond donors (Lipinski definition) is 2. The van der Waals surface area contributed by atoms with Gasteiger partial charge in [0.05, 0.1) is 0 Å². The Kier molecular flexibility index (Phi) is 4.78. The number of carbonyl (C=O) groups excluding carboxylic acids is 1. The third kappa shape index (κ3) is 3.74. The molecule has 0 unspecified atom stereocenters. The lowest BCUT2D eigenvalue weighted by Gasteiger charge is -2.21. The number of amides is 1. The van der Waals surface area contributed by atoms with Crippen LogP contribution in [-0.4, -0.2) is 39.3 Å². The minimum absolute atomic E-state index is 0.172. The highest BCUT2D eigenvalue weighted by Crippen LogP contribution is 2.13. The highest BCUT2D eigenvalue weighted by molar-refractivity contribution is 5.78. The first-order valence-electron chi connectivity index (χ1n) is 4.84. The van der Waals surface area contributed by atoms with E-state index in [1.54, 1.807) is 0 Å². The zero-order chi connectivity index (χ0) is 9.52. The van der Waals surface area contributed by atoms with Crippen molar-refractivity contribution in [3.05, 3.63) is 0 Å². The van der Waals surface area contributed by atoms with Gasteiger partial charge in [-0.1, -0.05) is 0 Å². The van der Waals surface area contributed by atoms with Gasteiger partial charge in [0, 0.05) is 32.2 Å². The summed E-state index contributed by atoms with van der Waals surface area (Å²) in [5.41, 5.74) is 0. The second-order valence-corrected chi connectivity index (χ2v) is 3.28. The van der Waals surface area contributed by atoms with Crippen molar-refractivity contribution >= 4 is 5.91 Å². The maximum Gasteiger partial charge on any atom is 0.223 e. The molecule has 0 bridgehead atoms. The molecule has 1 heterocycles. The highest BCUT2D eigenvalue weighted by atomic mass is 16.5. The molecule has 13 heavy (non-hydrogen) atoms. The van der Waals surface area contributed by atoms with Gasteiger partial charge in [0.2, 0.25) is 5.91 Å². The molecular weight excluding hydrogens is 168 g/mol. The predicted octanol–water partition coefficient (Wildman–Crippen LogP) is -0.251. The van der Waals surface area contributed by atoms with Crippen LogP contribution in [0.25, 0.3) is 0 Å². The molecule has 2 N–H and O–H groups in total. The molecule has 0 aromatic carbocycles. The molecule has 1 rings (SSSR count). The summed E-state index contributed by atoms with van der Waals surface area (Å²) in [6.45, 7) is 3.00. The maximum absolute atomic E-state index is 11.5. The van der Waals surface area contributed by atoms with Gasteiger partial charge in [-0.15, -0.1) is 0 Å². The van der Waals surface area contributed by atoms with Gasteiger partial charge in [0.1, 0.15) is 0 Å². The number of carbonyl (C=O) groups is 1. The molecule has 0 atom stereocenters. The third-order valence-electron chi connectivity index (χ3n) is 2.27. The number of hydrogen-bond acceptors (Lipinski definition) is 3. The molecule has 4 nitrogen and oxygen atoms in total. The van der Waals surface area contributed by atoms with Crippen LogP contribution in [0.15, 0.2) is 0 Å². The van der Waals surface area contributed by atoms with E-state index in [1.165, 1.54) is 0 Å². The lowest BCUT2D eigenvalue weighted by atomic mass is 9.99. The van der Waals surface area contributed by atoms with Gasteiger partial charge in [-0.3, -0.25) is 4.79 Å². The molecule has 4 heteroatoms. The Balaban J connectivity index is 2.13. The molecule has 0 aliphatic carbocycles. The summed E-state index contributed by atoms with van der Waals surface area (Å²) in [6, 6.07) is 0. The first-order valence-corrected chi connectivity index (χ1v) is 4.84. The Labute approximate surface area is 79.0 Å². The van der Waals surface area contributed by atoms with Crippen molar-refractivity contribution in [3.63, 3.8) is 0 Å². The van der Waals surface area contributed by atoms with Crippen LogP contribution in [0, 0.1) is 5.92 Å². The maximum atomic E-state index is 11.5. The average molecular weight is 186 g/mol. The fraction of sp³-hybridized carbons (Fsp3) is 0.889. The Morgan fingerprint density at radius 1 is 1.38 bits per heavy atom. The summed E-state index contributed by atoms with van der Waals surface area (Å²) >= 11 is 0. The second kappa shape index (κ2) is 5.94. The van der Waals surface area contributed by atoms with E-state index in [1.807, 2.05) is 7.05 Å². The highest BCUT2D eigenvalue weighted by Gasteiger charge is 2.20. The molecule has 1 saturated heterocycles. The number of rotatable bonds is 4. The van der Waals surface area contributed by atoms with Gasteiger partial charge in [-0.2, -0.15) is 0 Å². The second-order valence-electron chi connectivity index (χ2n) is 3.28. The van der Waals surface area contributed by atoms with E-state index in [-0.39, 0.29) is 11.8 Å². The van der Waals surface area contributed by atoms with Gasteiger partial charge in [-0.25, -0.2) is 0 Å². The molecule has 1 amide bonds. The summed E-state index contributed by atoms with van der Waals surface area (Å²) in [5, 5.41) is 5.88. The summed E-state index contributed by atoms with van der Waals surface area (Å²) in [5.74, 6) is 0.351. The number of nitrogens with one attached hydrogen (secondary N) is 2. The SMILES string of the molecule is CNCCNC(=O)C1CCOCC1. The minimum atomic E-state index is 0.172. The smallest absolute Gasteiger partial charge is 0.223 e. The van der Waals surface area contributed by atoms with Gasteiger partial charge >= 0.3 is 0 Å². The number of ether oxygens (including phenoxy) is 1. The Morgan fingerprint density at radius 2 is 2.08 bits per heavy atom. The molecular formula is C9H18N2O2. The normalized spacial score (nSPS) is 18.5. The first-order chi connectivity index (χ1) is 6.34. The minimum Gasteiger partial charge on any atom is -0.381 e. The molecule has 1 fully saturated rings. The fourth-order valence-corrected chi connectivity index (χ4v) is 1.41. The molecule has 76 valence electrons. The van der Waals surface area contributed by atoms with Crippen LogP contribution < -0.4 is 10.6 Å².